The van der Waals surface area contributed by atoms with Crippen LogP contribution in [0.25, 0.3) is 0 Å². The number of benzene rings is 1. The topological polar surface area (TPSA) is 80.0 Å². The number of amides is 2. The predicted molar refractivity (Wildman–Crippen MR) is 104 cm³/mol. The van der Waals surface area contributed by atoms with Gasteiger partial charge in [0.25, 0.3) is 0 Å². The van der Waals surface area contributed by atoms with Crippen LogP contribution < -0.4 is 10.6 Å². The van der Waals surface area contributed by atoms with E-state index in [1.807, 2.05) is 31.2 Å². The summed E-state index contributed by atoms with van der Waals surface area (Å²) in [4.78, 5) is 20.5. The quantitative estimate of drug-likeness (QED) is 0.504. The minimum Gasteiger partial charge on any atom is -0.445 e. The number of carbonyl (C=O) groups excluding carboxylic acids is 1. The number of nitrogens with zero attached hydrogens (tertiary/aromatic N) is 2. The fraction of sp³-hybridized carbons (Fsp3) is 0.188. The molecule has 2 heterocycles. The lowest BCUT2D eigenvalue weighted by molar-refractivity contribution is 0.262. The average molecular weight is 439 g/mol. The SMILES string of the molecule is CCc1cnc(CSc2cnc(NC(=O)Nc3ccccc3Br)s2)o1. The number of rotatable bonds is 6. The van der Waals surface area contributed by atoms with Crippen LogP contribution in [-0.4, -0.2) is 16.0 Å². The van der Waals surface area contributed by atoms with Crippen molar-refractivity contribution >= 4 is 55.9 Å². The molecule has 0 atom stereocenters. The zero-order chi connectivity index (χ0) is 17.6. The Balaban J connectivity index is 1.52. The van der Waals surface area contributed by atoms with E-state index < -0.39 is 0 Å². The molecule has 0 aliphatic rings. The molecule has 9 heteroatoms. The van der Waals surface area contributed by atoms with Crippen LogP contribution in [-0.2, 0) is 12.2 Å². The Hall–Kier alpha value is -1.84. The van der Waals surface area contributed by atoms with E-state index in [4.69, 9.17) is 4.42 Å². The molecule has 0 aliphatic carbocycles. The van der Waals surface area contributed by atoms with Gasteiger partial charge in [-0.15, -0.1) is 11.8 Å². The number of aryl methyl sites for hydroxylation is 1. The van der Waals surface area contributed by atoms with Crippen LogP contribution in [0.1, 0.15) is 18.6 Å². The van der Waals surface area contributed by atoms with Gasteiger partial charge >= 0.3 is 6.03 Å². The maximum atomic E-state index is 12.1. The molecule has 0 radical (unpaired) electrons. The Bertz CT molecular complexity index is 865. The summed E-state index contributed by atoms with van der Waals surface area (Å²) >= 11 is 6.37. The smallest absolute Gasteiger partial charge is 0.325 e. The minimum absolute atomic E-state index is 0.335. The first-order valence-electron chi connectivity index (χ1n) is 7.48. The van der Waals surface area contributed by atoms with Crippen molar-refractivity contribution in [3.63, 3.8) is 0 Å². The summed E-state index contributed by atoms with van der Waals surface area (Å²) in [6, 6.07) is 7.08. The van der Waals surface area contributed by atoms with Crippen LogP contribution in [0, 0.1) is 0 Å². The summed E-state index contributed by atoms with van der Waals surface area (Å²) in [5, 5.41) is 6.04. The maximum Gasteiger partial charge on any atom is 0.325 e. The lowest BCUT2D eigenvalue weighted by Gasteiger charge is -2.06. The Morgan fingerprint density at radius 3 is 2.88 bits per heavy atom. The number of anilines is 2. The second-order valence-corrected chi connectivity index (χ2v) is 8.07. The van der Waals surface area contributed by atoms with Crippen molar-refractivity contribution in [3.05, 3.63) is 52.8 Å². The molecule has 0 aliphatic heterocycles. The summed E-state index contributed by atoms with van der Waals surface area (Å²) < 4.78 is 7.37. The fourth-order valence-corrected chi connectivity index (χ4v) is 4.01. The van der Waals surface area contributed by atoms with E-state index in [1.165, 1.54) is 11.3 Å². The predicted octanol–water partition coefficient (Wildman–Crippen LogP) is 5.39. The van der Waals surface area contributed by atoms with E-state index in [9.17, 15) is 4.79 Å². The standard InChI is InChI=1S/C16H15BrN4O2S2/c1-2-10-7-18-13(23-10)9-24-14-8-19-16(25-14)21-15(22)20-12-6-4-3-5-11(12)17/h3-8H,2,9H2,1H3,(H2,19,20,21,22). The Morgan fingerprint density at radius 1 is 1.28 bits per heavy atom. The molecule has 2 aromatic heterocycles. The highest BCUT2D eigenvalue weighted by molar-refractivity contribution is 9.10. The lowest BCUT2D eigenvalue weighted by atomic mass is 10.3. The van der Waals surface area contributed by atoms with Gasteiger partial charge in [0.15, 0.2) is 5.13 Å². The van der Waals surface area contributed by atoms with Crippen LogP contribution in [0.2, 0.25) is 0 Å². The molecule has 25 heavy (non-hydrogen) atoms. The summed E-state index contributed by atoms with van der Waals surface area (Å²) in [7, 11) is 0. The second-order valence-electron chi connectivity index (χ2n) is 4.91. The number of hydrogen-bond acceptors (Lipinski definition) is 6. The normalized spacial score (nSPS) is 10.6. The lowest BCUT2D eigenvalue weighted by Crippen LogP contribution is -2.19. The number of halogens is 1. The highest BCUT2D eigenvalue weighted by Gasteiger charge is 2.10. The number of para-hydroxylation sites is 1. The summed E-state index contributed by atoms with van der Waals surface area (Å²) in [6.07, 6.45) is 4.31. The van der Waals surface area contributed by atoms with Crippen molar-refractivity contribution < 1.29 is 9.21 Å². The fourth-order valence-electron chi connectivity index (χ4n) is 1.91. The second kappa shape index (κ2) is 8.50. The third-order valence-corrected chi connectivity index (χ3v) is 5.90. The number of carbonyl (C=O) groups is 1. The van der Waals surface area contributed by atoms with E-state index in [2.05, 4.69) is 36.5 Å². The van der Waals surface area contributed by atoms with Crippen LogP contribution in [0.4, 0.5) is 15.6 Å². The molecule has 0 fully saturated rings. The van der Waals surface area contributed by atoms with Gasteiger partial charge in [-0.25, -0.2) is 14.8 Å². The van der Waals surface area contributed by atoms with Gasteiger partial charge in [0, 0.05) is 10.9 Å². The molecular weight excluding hydrogens is 424 g/mol. The molecule has 0 saturated heterocycles. The average Bonchev–Trinajstić information content (AvgIpc) is 3.24. The van der Waals surface area contributed by atoms with Gasteiger partial charge in [0.05, 0.1) is 28.0 Å². The summed E-state index contributed by atoms with van der Waals surface area (Å²) in [5.41, 5.74) is 0.696. The Morgan fingerprint density at radius 2 is 2.12 bits per heavy atom. The van der Waals surface area contributed by atoms with E-state index in [1.54, 1.807) is 24.2 Å². The van der Waals surface area contributed by atoms with Gasteiger partial charge in [-0.3, -0.25) is 5.32 Å². The van der Waals surface area contributed by atoms with Crippen molar-refractivity contribution in [1.82, 2.24) is 9.97 Å². The van der Waals surface area contributed by atoms with Crippen molar-refractivity contribution in [1.29, 1.82) is 0 Å². The highest BCUT2D eigenvalue weighted by Crippen LogP contribution is 2.30. The summed E-state index contributed by atoms with van der Waals surface area (Å²) in [5.74, 6) is 2.20. The molecule has 3 aromatic rings. The van der Waals surface area contributed by atoms with Crippen molar-refractivity contribution in [3.8, 4) is 0 Å². The molecular formula is C16H15BrN4O2S2. The van der Waals surface area contributed by atoms with Crippen molar-refractivity contribution in [2.45, 2.75) is 23.3 Å². The zero-order valence-electron chi connectivity index (χ0n) is 13.3. The van der Waals surface area contributed by atoms with Crippen LogP contribution in [0.5, 0.6) is 0 Å². The van der Waals surface area contributed by atoms with Crippen LogP contribution in [0.15, 0.2) is 49.8 Å². The van der Waals surface area contributed by atoms with Crippen LogP contribution in [0.3, 0.4) is 0 Å². The molecule has 0 spiro atoms. The van der Waals surface area contributed by atoms with E-state index in [-0.39, 0.29) is 6.03 Å². The Labute approximate surface area is 161 Å². The number of nitrogens with one attached hydrogen (secondary N) is 2. The third-order valence-electron chi connectivity index (χ3n) is 3.11. The van der Waals surface area contributed by atoms with Gasteiger partial charge in [0.1, 0.15) is 5.76 Å². The molecule has 2 N–H and O–H groups in total. The molecule has 2 amide bonds. The highest BCUT2D eigenvalue weighted by atomic mass is 79.9. The molecule has 130 valence electrons. The van der Waals surface area contributed by atoms with Gasteiger partial charge in [-0.2, -0.15) is 0 Å². The van der Waals surface area contributed by atoms with Crippen molar-refractivity contribution in [2.24, 2.45) is 0 Å². The summed E-state index contributed by atoms with van der Waals surface area (Å²) in [6.45, 7) is 2.03. The van der Waals surface area contributed by atoms with Gasteiger partial charge in [-0.1, -0.05) is 30.4 Å². The molecule has 0 saturated carbocycles. The van der Waals surface area contributed by atoms with E-state index in [0.29, 0.717) is 22.5 Å². The largest absolute Gasteiger partial charge is 0.445 e. The minimum atomic E-state index is -0.335. The molecule has 0 bridgehead atoms. The number of urea groups is 1. The van der Waals surface area contributed by atoms with Gasteiger partial charge in [-0.05, 0) is 28.1 Å². The molecule has 0 unspecified atom stereocenters. The number of aromatic nitrogens is 2. The monoisotopic (exact) mass is 438 g/mol. The zero-order valence-corrected chi connectivity index (χ0v) is 16.5. The van der Waals surface area contributed by atoms with Gasteiger partial charge < -0.3 is 9.73 Å². The number of hydrogen-bond donors (Lipinski definition) is 2. The molecule has 3 rings (SSSR count). The third kappa shape index (κ3) is 5.07. The number of oxazole rings is 1. The Kier molecular flexibility index (Phi) is 6.11. The number of thioether (sulfide) groups is 1. The van der Waals surface area contributed by atoms with E-state index >= 15 is 0 Å². The molecule has 1 aromatic carbocycles. The first-order valence-corrected chi connectivity index (χ1v) is 10.1. The van der Waals surface area contributed by atoms with Crippen molar-refractivity contribution in [2.75, 3.05) is 10.6 Å². The maximum absolute atomic E-state index is 12.1. The first-order chi connectivity index (χ1) is 12.1. The van der Waals surface area contributed by atoms with Gasteiger partial charge in [0.2, 0.25) is 5.89 Å². The van der Waals surface area contributed by atoms with Crippen LogP contribution >= 0.6 is 39.0 Å². The first kappa shape index (κ1) is 18.0. The number of thiazole rings is 1. The van der Waals surface area contributed by atoms with E-state index in [0.717, 1.165) is 20.9 Å². The molecule has 6 nitrogen and oxygen atoms in total.